The van der Waals surface area contributed by atoms with E-state index in [2.05, 4.69) is 205 Å². The first kappa shape index (κ1) is 33.2. The minimum atomic E-state index is 0.710. The molecule has 0 radical (unpaired) electrons. The maximum absolute atomic E-state index is 5.34. The van der Waals surface area contributed by atoms with Crippen molar-refractivity contribution in [1.82, 2.24) is 19.5 Å². The van der Waals surface area contributed by atoms with Crippen LogP contribution in [0.5, 0.6) is 0 Å². The van der Waals surface area contributed by atoms with E-state index in [4.69, 9.17) is 15.0 Å². The molecule has 0 aliphatic heterocycles. The number of para-hydroxylation sites is 2. The molecule has 4 nitrogen and oxygen atoms in total. The molecule has 0 unspecified atom stereocenters. The fourth-order valence-corrected chi connectivity index (χ4v) is 8.89. The molecular weight excluding hydrogens is 717 g/mol. The normalized spacial score (nSPS) is 11.7. The second kappa shape index (κ2) is 13.3. The summed E-state index contributed by atoms with van der Waals surface area (Å²) in [5.41, 5.74) is 12.7. The zero-order valence-electron chi connectivity index (χ0n) is 31.9. The molecule has 0 aliphatic rings. The van der Waals surface area contributed by atoms with E-state index in [1.807, 2.05) is 6.07 Å². The van der Waals surface area contributed by atoms with Crippen LogP contribution in [0.2, 0.25) is 0 Å². The summed E-state index contributed by atoms with van der Waals surface area (Å²) < 4.78 is 2.40. The Morgan fingerprint density at radius 2 is 0.915 bits per heavy atom. The first-order valence-electron chi connectivity index (χ1n) is 20.0. The van der Waals surface area contributed by atoms with E-state index in [1.165, 1.54) is 26.9 Å². The van der Waals surface area contributed by atoms with Crippen molar-refractivity contribution >= 4 is 65.2 Å². The first-order chi connectivity index (χ1) is 29.2. The number of benzene rings is 9. The summed E-state index contributed by atoms with van der Waals surface area (Å²) in [6.45, 7) is 0. The number of hydrogen-bond acceptors (Lipinski definition) is 3. The third-order valence-electron chi connectivity index (χ3n) is 11.8. The molecule has 4 heteroatoms. The predicted molar refractivity (Wildman–Crippen MR) is 246 cm³/mol. The van der Waals surface area contributed by atoms with Crippen LogP contribution in [0.25, 0.3) is 116 Å². The molecule has 0 aliphatic carbocycles. The van der Waals surface area contributed by atoms with Gasteiger partial charge in [-0.1, -0.05) is 164 Å². The van der Waals surface area contributed by atoms with Crippen LogP contribution in [0.15, 0.2) is 206 Å². The van der Waals surface area contributed by atoms with Gasteiger partial charge >= 0.3 is 0 Å². The van der Waals surface area contributed by atoms with Gasteiger partial charge in [-0.15, -0.1) is 0 Å². The van der Waals surface area contributed by atoms with Crippen LogP contribution in [0.3, 0.4) is 0 Å². The molecule has 0 saturated heterocycles. The average molecular weight is 751 g/mol. The second-order valence-electron chi connectivity index (χ2n) is 15.2. The summed E-state index contributed by atoms with van der Waals surface area (Å²) in [6, 6.07) is 73.3. The number of nitrogens with zero attached hydrogens (tertiary/aromatic N) is 4. The van der Waals surface area contributed by atoms with Gasteiger partial charge in [-0.25, -0.2) is 15.0 Å². The van der Waals surface area contributed by atoms with Crippen LogP contribution in [0.4, 0.5) is 0 Å². The van der Waals surface area contributed by atoms with Gasteiger partial charge in [-0.2, -0.15) is 0 Å². The molecule has 59 heavy (non-hydrogen) atoms. The molecule has 3 heterocycles. The number of aromatic nitrogens is 4. The van der Waals surface area contributed by atoms with Gasteiger partial charge in [0.15, 0.2) is 5.82 Å². The largest absolute Gasteiger partial charge is 0.309 e. The van der Waals surface area contributed by atoms with Gasteiger partial charge in [0.05, 0.1) is 33.5 Å². The molecule has 0 spiro atoms. The highest BCUT2D eigenvalue weighted by atomic mass is 15.0. The Labute approximate surface area is 340 Å². The highest BCUT2D eigenvalue weighted by molar-refractivity contribution is 6.19. The van der Waals surface area contributed by atoms with E-state index in [-0.39, 0.29) is 0 Å². The van der Waals surface area contributed by atoms with E-state index in [0.717, 1.165) is 83.1 Å². The fraction of sp³-hybridized carbons (Fsp3) is 0. The van der Waals surface area contributed by atoms with Crippen molar-refractivity contribution in [2.24, 2.45) is 0 Å². The molecule has 12 aromatic rings. The van der Waals surface area contributed by atoms with E-state index in [0.29, 0.717) is 5.82 Å². The van der Waals surface area contributed by atoms with Gasteiger partial charge in [0, 0.05) is 49.3 Å². The van der Waals surface area contributed by atoms with E-state index >= 15 is 0 Å². The average Bonchev–Trinajstić information content (AvgIpc) is 3.63. The number of pyridine rings is 1. The van der Waals surface area contributed by atoms with Crippen LogP contribution < -0.4 is 0 Å². The quantitative estimate of drug-likeness (QED) is 0.165. The standard InChI is InChI=1S/C55H34N4/c1-3-14-37(15-4-1)53-45-20-10-9-19-43(45)47-34-52-48(33-50(47)56-53)44-30-29-40(32-51(44)59(52)42-17-5-2-6-18-42)36-23-26-38(27-24-36)55-57-49-22-12-11-21-46(49)54(58-55)41-28-25-35-13-7-8-16-39(35)31-41/h1-34H. The lowest BCUT2D eigenvalue weighted by Crippen LogP contribution is -1.95. The van der Waals surface area contributed by atoms with Crippen molar-refractivity contribution in [3.8, 4) is 50.7 Å². The maximum atomic E-state index is 5.34. The topological polar surface area (TPSA) is 43.6 Å². The summed E-state index contributed by atoms with van der Waals surface area (Å²) in [6.07, 6.45) is 0. The highest BCUT2D eigenvalue weighted by Gasteiger charge is 2.18. The lowest BCUT2D eigenvalue weighted by Gasteiger charge is -2.12. The van der Waals surface area contributed by atoms with E-state index in [9.17, 15) is 0 Å². The van der Waals surface area contributed by atoms with Gasteiger partial charge in [0.1, 0.15) is 0 Å². The first-order valence-corrected chi connectivity index (χ1v) is 20.0. The highest BCUT2D eigenvalue weighted by Crippen LogP contribution is 2.40. The summed E-state index contributed by atoms with van der Waals surface area (Å²) in [4.78, 5) is 15.6. The monoisotopic (exact) mass is 750 g/mol. The zero-order valence-corrected chi connectivity index (χ0v) is 31.9. The number of rotatable bonds is 5. The summed E-state index contributed by atoms with van der Waals surface area (Å²) in [7, 11) is 0. The van der Waals surface area contributed by atoms with Crippen molar-refractivity contribution in [2.75, 3.05) is 0 Å². The summed E-state index contributed by atoms with van der Waals surface area (Å²) in [5, 5.41) is 9.30. The molecule has 0 atom stereocenters. The van der Waals surface area contributed by atoms with Crippen molar-refractivity contribution in [2.45, 2.75) is 0 Å². The molecule has 0 bridgehead atoms. The van der Waals surface area contributed by atoms with Crippen molar-refractivity contribution < 1.29 is 0 Å². The van der Waals surface area contributed by atoms with E-state index < -0.39 is 0 Å². The van der Waals surface area contributed by atoms with Gasteiger partial charge in [0.25, 0.3) is 0 Å². The molecule has 12 rings (SSSR count). The Morgan fingerprint density at radius 3 is 1.75 bits per heavy atom. The smallest absolute Gasteiger partial charge is 0.160 e. The fourth-order valence-electron chi connectivity index (χ4n) is 8.89. The van der Waals surface area contributed by atoms with Gasteiger partial charge in [-0.3, -0.25) is 0 Å². The van der Waals surface area contributed by atoms with E-state index in [1.54, 1.807) is 0 Å². The lowest BCUT2D eigenvalue weighted by molar-refractivity contribution is 1.18. The molecular formula is C55H34N4. The SMILES string of the molecule is c1ccc(-c2nc3cc4c5ccc(-c6ccc(-c7nc(-c8ccc9ccccc9c8)c8ccccc8n7)cc6)cc5n(-c5ccccc5)c4cc3c3ccccc23)cc1. The molecule has 3 aromatic heterocycles. The molecule has 0 saturated carbocycles. The third-order valence-corrected chi connectivity index (χ3v) is 11.8. The zero-order chi connectivity index (χ0) is 38.9. The number of hydrogen-bond donors (Lipinski definition) is 0. The van der Waals surface area contributed by atoms with Crippen LogP contribution in [-0.4, -0.2) is 19.5 Å². The second-order valence-corrected chi connectivity index (χ2v) is 15.2. The molecule has 0 N–H and O–H groups in total. The lowest BCUT2D eigenvalue weighted by atomic mass is 9.98. The van der Waals surface area contributed by atoms with Crippen molar-refractivity contribution in [3.63, 3.8) is 0 Å². The molecule has 0 fully saturated rings. The van der Waals surface area contributed by atoms with Crippen LogP contribution in [-0.2, 0) is 0 Å². The minimum Gasteiger partial charge on any atom is -0.309 e. The number of fused-ring (bicyclic) bond motifs is 8. The summed E-state index contributed by atoms with van der Waals surface area (Å²) in [5.74, 6) is 0.710. The Bertz CT molecular complexity index is 3590. The van der Waals surface area contributed by atoms with Crippen molar-refractivity contribution in [1.29, 1.82) is 0 Å². The maximum Gasteiger partial charge on any atom is 0.160 e. The summed E-state index contributed by atoms with van der Waals surface area (Å²) >= 11 is 0. The Hall–Kier alpha value is -7.95. The van der Waals surface area contributed by atoms with Crippen LogP contribution in [0, 0.1) is 0 Å². The molecule has 9 aromatic carbocycles. The van der Waals surface area contributed by atoms with Gasteiger partial charge in [0.2, 0.25) is 0 Å². The van der Waals surface area contributed by atoms with Gasteiger partial charge < -0.3 is 4.57 Å². The third kappa shape index (κ3) is 5.49. The van der Waals surface area contributed by atoms with Gasteiger partial charge in [-0.05, 0) is 69.8 Å². The Morgan fingerprint density at radius 1 is 0.288 bits per heavy atom. The Kier molecular flexibility index (Phi) is 7.50. The molecule has 274 valence electrons. The van der Waals surface area contributed by atoms with Crippen LogP contribution in [0.1, 0.15) is 0 Å². The minimum absolute atomic E-state index is 0.710. The van der Waals surface area contributed by atoms with Crippen LogP contribution >= 0.6 is 0 Å². The predicted octanol–water partition coefficient (Wildman–Crippen LogP) is 14.2. The molecule has 0 amide bonds. The Balaban J connectivity index is 0.999. The van der Waals surface area contributed by atoms with Crippen molar-refractivity contribution in [3.05, 3.63) is 206 Å².